The van der Waals surface area contributed by atoms with Gasteiger partial charge in [-0.15, -0.1) is 0 Å². The van der Waals surface area contributed by atoms with E-state index in [1.807, 2.05) is 54.6 Å². The summed E-state index contributed by atoms with van der Waals surface area (Å²) in [5.74, 6) is 0.336. The molecule has 0 radical (unpaired) electrons. The lowest BCUT2D eigenvalue weighted by Gasteiger charge is -2.37. The lowest BCUT2D eigenvalue weighted by molar-refractivity contribution is 0.00167. The molecule has 172 valence electrons. The first kappa shape index (κ1) is 22.3. The summed E-state index contributed by atoms with van der Waals surface area (Å²) in [7, 11) is 0. The van der Waals surface area contributed by atoms with Gasteiger partial charge in [0.15, 0.2) is 0 Å². The van der Waals surface area contributed by atoms with Crippen LogP contribution in [0.5, 0.6) is 0 Å². The van der Waals surface area contributed by atoms with E-state index in [1.54, 1.807) is 0 Å². The van der Waals surface area contributed by atoms with Crippen molar-refractivity contribution in [3.63, 3.8) is 0 Å². The number of amides is 1. The normalized spacial score (nSPS) is 20.1. The van der Waals surface area contributed by atoms with Crippen molar-refractivity contribution in [1.82, 2.24) is 15.2 Å². The summed E-state index contributed by atoms with van der Waals surface area (Å²) in [6.45, 7) is 5.36. The van der Waals surface area contributed by atoms with Gasteiger partial charge < -0.3 is 14.8 Å². The number of benzene rings is 2. The number of para-hydroxylation sites is 1. The van der Waals surface area contributed by atoms with Crippen molar-refractivity contribution in [3.05, 3.63) is 65.2 Å². The predicted octanol–water partition coefficient (Wildman–Crippen LogP) is 4.02. The molecule has 2 aliphatic rings. The molecule has 2 aliphatic heterocycles. The van der Waals surface area contributed by atoms with Gasteiger partial charge in [0, 0.05) is 54.2 Å². The van der Waals surface area contributed by atoms with E-state index >= 15 is 0 Å². The van der Waals surface area contributed by atoms with E-state index in [-0.39, 0.29) is 11.9 Å². The molecule has 2 aromatic carbocycles. The molecule has 2 fully saturated rings. The van der Waals surface area contributed by atoms with E-state index in [0.29, 0.717) is 23.0 Å². The highest BCUT2D eigenvalue weighted by atomic mass is 35.5. The van der Waals surface area contributed by atoms with Crippen LogP contribution in [-0.2, 0) is 9.47 Å². The first-order valence-electron chi connectivity index (χ1n) is 11.5. The van der Waals surface area contributed by atoms with Crippen LogP contribution in [0.15, 0.2) is 54.6 Å². The van der Waals surface area contributed by atoms with Crippen molar-refractivity contribution in [2.24, 2.45) is 5.92 Å². The highest BCUT2D eigenvalue weighted by Gasteiger charge is 2.32. The number of rotatable bonds is 6. The van der Waals surface area contributed by atoms with Crippen LogP contribution < -0.4 is 5.32 Å². The Bertz CT molecular complexity index is 1110. The van der Waals surface area contributed by atoms with Gasteiger partial charge in [0.1, 0.15) is 0 Å². The smallest absolute Gasteiger partial charge is 0.252 e. The van der Waals surface area contributed by atoms with Crippen LogP contribution in [-0.4, -0.2) is 67.9 Å². The van der Waals surface area contributed by atoms with Gasteiger partial charge in [0.2, 0.25) is 0 Å². The van der Waals surface area contributed by atoms with Gasteiger partial charge in [0.05, 0.1) is 36.6 Å². The zero-order valence-electron chi connectivity index (χ0n) is 18.5. The number of hydrogen-bond donors (Lipinski definition) is 1. The fourth-order valence-corrected chi connectivity index (χ4v) is 4.91. The van der Waals surface area contributed by atoms with Crippen LogP contribution in [0.3, 0.4) is 0 Å². The number of nitrogens with zero attached hydrogens (tertiary/aromatic N) is 2. The van der Waals surface area contributed by atoms with Crippen molar-refractivity contribution in [2.75, 3.05) is 46.1 Å². The van der Waals surface area contributed by atoms with E-state index < -0.39 is 0 Å². The van der Waals surface area contributed by atoms with Gasteiger partial charge in [-0.25, -0.2) is 4.98 Å². The minimum absolute atomic E-state index is 0.0824. The Morgan fingerprint density at radius 1 is 1.09 bits per heavy atom. The molecule has 3 heterocycles. The molecular weight excluding hydrogens is 438 g/mol. The Morgan fingerprint density at radius 3 is 2.64 bits per heavy atom. The molecule has 6 nitrogen and oxygen atoms in total. The zero-order valence-corrected chi connectivity index (χ0v) is 19.3. The summed E-state index contributed by atoms with van der Waals surface area (Å²) in [6.07, 6.45) is 1.02. The molecule has 0 aliphatic carbocycles. The van der Waals surface area contributed by atoms with Crippen LogP contribution in [0, 0.1) is 5.92 Å². The SMILES string of the molecule is O=C(NCC(C1CCOC1)N1CCOCC1)c1cc(-c2ccc(Cl)cc2)nc2ccccc12. The molecule has 7 heteroatoms. The molecule has 2 saturated heterocycles. The molecule has 2 unspecified atom stereocenters. The standard InChI is InChI=1S/C26H28ClN3O3/c27-20-7-5-18(6-8-20)24-15-22(21-3-1-2-4-23(21)29-24)26(31)28-16-25(19-9-12-33-17-19)30-10-13-32-14-11-30/h1-8,15,19,25H,9-14,16-17H2,(H,28,31). The second-order valence-corrected chi connectivity index (χ2v) is 9.06. The van der Waals surface area contributed by atoms with Gasteiger partial charge in [-0.05, 0) is 30.7 Å². The number of pyridine rings is 1. The Labute approximate surface area is 198 Å². The first-order valence-corrected chi connectivity index (χ1v) is 11.9. The maximum Gasteiger partial charge on any atom is 0.252 e. The maximum atomic E-state index is 13.5. The number of morpholine rings is 1. The average molecular weight is 466 g/mol. The van der Waals surface area contributed by atoms with Crippen LogP contribution in [0.2, 0.25) is 5.02 Å². The summed E-state index contributed by atoms with van der Waals surface area (Å²) >= 11 is 6.06. The molecule has 5 rings (SSSR count). The number of aromatic nitrogens is 1. The van der Waals surface area contributed by atoms with Crippen LogP contribution >= 0.6 is 11.6 Å². The van der Waals surface area contributed by atoms with Crippen molar-refractivity contribution in [3.8, 4) is 11.3 Å². The fourth-order valence-electron chi connectivity index (χ4n) is 4.78. The predicted molar refractivity (Wildman–Crippen MR) is 130 cm³/mol. The van der Waals surface area contributed by atoms with Gasteiger partial charge in [-0.3, -0.25) is 9.69 Å². The summed E-state index contributed by atoms with van der Waals surface area (Å²) in [4.78, 5) is 20.7. The van der Waals surface area contributed by atoms with E-state index in [2.05, 4.69) is 10.2 Å². The van der Waals surface area contributed by atoms with Crippen LogP contribution in [0.1, 0.15) is 16.8 Å². The highest BCUT2D eigenvalue weighted by Crippen LogP contribution is 2.27. The monoisotopic (exact) mass is 465 g/mol. The molecule has 0 bridgehead atoms. The van der Waals surface area contributed by atoms with Crippen molar-refractivity contribution < 1.29 is 14.3 Å². The second kappa shape index (κ2) is 10.2. The lowest BCUT2D eigenvalue weighted by atomic mass is 9.96. The first-order chi connectivity index (χ1) is 16.2. The van der Waals surface area contributed by atoms with Crippen LogP contribution in [0.25, 0.3) is 22.2 Å². The molecule has 33 heavy (non-hydrogen) atoms. The van der Waals surface area contributed by atoms with Crippen molar-refractivity contribution >= 4 is 28.4 Å². The van der Waals surface area contributed by atoms with Gasteiger partial charge in [-0.2, -0.15) is 0 Å². The number of nitrogens with one attached hydrogen (secondary N) is 1. The molecule has 2 atom stereocenters. The topological polar surface area (TPSA) is 63.7 Å². The molecule has 0 spiro atoms. The van der Waals surface area contributed by atoms with Crippen molar-refractivity contribution in [2.45, 2.75) is 12.5 Å². The lowest BCUT2D eigenvalue weighted by Crippen LogP contribution is -2.52. The number of carbonyl (C=O) groups excluding carboxylic acids is 1. The fraction of sp³-hybridized carbons (Fsp3) is 0.385. The third-order valence-electron chi connectivity index (χ3n) is 6.60. The highest BCUT2D eigenvalue weighted by molar-refractivity contribution is 6.30. The molecule has 1 aromatic heterocycles. The third kappa shape index (κ3) is 5.04. The van der Waals surface area contributed by atoms with Gasteiger partial charge >= 0.3 is 0 Å². The number of ether oxygens (including phenoxy) is 2. The second-order valence-electron chi connectivity index (χ2n) is 8.63. The number of carbonyl (C=O) groups is 1. The van der Waals surface area contributed by atoms with E-state index in [1.165, 1.54) is 0 Å². The summed E-state index contributed by atoms with van der Waals surface area (Å²) in [5, 5.41) is 4.74. The van der Waals surface area contributed by atoms with E-state index in [4.69, 9.17) is 26.1 Å². The van der Waals surface area contributed by atoms with Gasteiger partial charge in [-0.1, -0.05) is 41.9 Å². The average Bonchev–Trinajstić information content (AvgIpc) is 3.39. The summed E-state index contributed by atoms with van der Waals surface area (Å²) in [6, 6.07) is 17.4. The Balaban J connectivity index is 1.41. The Hall–Kier alpha value is -2.51. The summed E-state index contributed by atoms with van der Waals surface area (Å²) < 4.78 is 11.2. The van der Waals surface area contributed by atoms with Gasteiger partial charge in [0.25, 0.3) is 5.91 Å². The molecule has 1 amide bonds. The largest absolute Gasteiger partial charge is 0.381 e. The maximum absolute atomic E-state index is 13.5. The third-order valence-corrected chi connectivity index (χ3v) is 6.85. The van der Waals surface area contributed by atoms with E-state index in [9.17, 15) is 4.79 Å². The minimum atomic E-state index is -0.0824. The van der Waals surface area contributed by atoms with Crippen molar-refractivity contribution in [1.29, 1.82) is 0 Å². The summed E-state index contributed by atoms with van der Waals surface area (Å²) in [5.41, 5.74) is 3.11. The van der Waals surface area contributed by atoms with E-state index in [0.717, 1.165) is 68.1 Å². The number of halogens is 1. The quantitative estimate of drug-likeness (QED) is 0.595. The minimum Gasteiger partial charge on any atom is -0.381 e. The zero-order chi connectivity index (χ0) is 22.6. The molecule has 3 aromatic rings. The van der Waals surface area contributed by atoms with Crippen LogP contribution in [0.4, 0.5) is 0 Å². The molecule has 0 saturated carbocycles. The number of fused-ring (bicyclic) bond motifs is 1. The number of hydrogen-bond acceptors (Lipinski definition) is 5. The Morgan fingerprint density at radius 2 is 1.88 bits per heavy atom. The molecule has 1 N–H and O–H groups in total. The molecular formula is C26H28ClN3O3. The Kier molecular flexibility index (Phi) is 6.88.